The number of morpholine rings is 1. The Hall–Kier alpha value is -1.75. The summed E-state index contributed by atoms with van der Waals surface area (Å²) in [5, 5.41) is 15.1. The normalized spacial score (nSPS) is 36.4. The second kappa shape index (κ2) is 9.24. The summed E-state index contributed by atoms with van der Waals surface area (Å²) in [4.78, 5) is 43.7. The topological polar surface area (TPSA) is 120 Å². The first-order chi connectivity index (χ1) is 15.4. The van der Waals surface area contributed by atoms with E-state index < -0.39 is 29.1 Å². The maximum absolute atomic E-state index is 13.6. The SMILES string of the molecule is CC[C@@]12CCC3(O1)C(C(=O)NCCN1CCOCC1)N(CCCO)C(=O)[C@@H]3[C@@H]2C(=O)NC. The van der Waals surface area contributed by atoms with Gasteiger partial charge >= 0.3 is 0 Å². The number of ether oxygens (including phenoxy) is 2. The third-order valence-corrected chi connectivity index (χ3v) is 7.85. The summed E-state index contributed by atoms with van der Waals surface area (Å²) in [6, 6.07) is -0.792. The molecular formula is C22H36N4O6. The number of carbonyl (C=O) groups excluding carboxylic acids is 3. The van der Waals surface area contributed by atoms with Gasteiger partial charge in [-0.05, 0) is 25.7 Å². The van der Waals surface area contributed by atoms with E-state index in [2.05, 4.69) is 15.5 Å². The molecule has 10 heteroatoms. The number of carbonyl (C=O) groups is 3. The monoisotopic (exact) mass is 452 g/mol. The second-order valence-corrected chi connectivity index (χ2v) is 9.30. The summed E-state index contributed by atoms with van der Waals surface area (Å²) >= 11 is 0. The molecule has 0 radical (unpaired) electrons. The summed E-state index contributed by atoms with van der Waals surface area (Å²) in [5.74, 6) is -1.94. The number of hydrogen-bond acceptors (Lipinski definition) is 7. The van der Waals surface area contributed by atoms with Crippen LogP contribution in [0.1, 0.15) is 32.6 Å². The summed E-state index contributed by atoms with van der Waals surface area (Å²) < 4.78 is 12.0. The highest BCUT2D eigenvalue weighted by Crippen LogP contribution is 2.64. The van der Waals surface area contributed by atoms with E-state index in [-0.39, 0.29) is 30.9 Å². The molecule has 2 bridgehead atoms. The van der Waals surface area contributed by atoms with Crippen molar-refractivity contribution >= 4 is 17.7 Å². The van der Waals surface area contributed by atoms with E-state index in [9.17, 15) is 19.5 Å². The molecule has 4 saturated heterocycles. The van der Waals surface area contributed by atoms with Gasteiger partial charge in [-0.1, -0.05) is 6.92 Å². The first-order valence-electron chi connectivity index (χ1n) is 11.8. The summed E-state index contributed by atoms with van der Waals surface area (Å²) in [6.45, 7) is 6.40. The van der Waals surface area contributed by atoms with Crippen LogP contribution in [0.3, 0.4) is 0 Å². The molecule has 3 amide bonds. The molecule has 1 spiro atoms. The van der Waals surface area contributed by atoms with Gasteiger partial charge in [-0.2, -0.15) is 0 Å². The predicted molar refractivity (Wildman–Crippen MR) is 115 cm³/mol. The Morgan fingerprint density at radius 2 is 1.94 bits per heavy atom. The second-order valence-electron chi connectivity index (χ2n) is 9.30. The fraction of sp³-hybridized carbons (Fsp3) is 0.864. The number of aliphatic hydroxyl groups is 1. The van der Waals surface area contributed by atoms with Crippen molar-refractivity contribution in [1.82, 2.24) is 20.4 Å². The third-order valence-electron chi connectivity index (χ3n) is 7.85. The van der Waals surface area contributed by atoms with Gasteiger partial charge in [-0.15, -0.1) is 0 Å². The highest BCUT2D eigenvalue weighted by atomic mass is 16.5. The van der Waals surface area contributed by atoms with Gasteiger partial charge in [0, 0.05) is 46.4 Å². The van der Waals surface area contributed by atoms with Gasteiger partial charge in [0.1, 0.15) is 11.6 Å². The maximum atomic E-state index is 13.6. The fourth-order valence-corrected chi connectivity index (χ4v) is 6.31. The van der Waals surface area contributed by atoms with Crippen LogP contribution in [0.15, 0.2) is 0 Å². The molecule has 4 fully saturated rings. The number of amides is 3. The Labute approximate surface area is 189 Å². The van der Waals surface area contributed by atoms with Gasteiger partial charge in [0.05, 0.1) is 30.7 Å². The molecule has 4 aliphatic rings. The largest absolute Gasteiger partial charge is 0.396 e. The number of hydrogen-bond donors (Lipinski definition) is 3. The summed E-state index contributed by atoms with van der Waals surface area (Å²) in [7, 11) is 1.57. The number of fused-ring (bicyclic) bond motifs is 1. The van der Waals surface area contributed by atoms with E-state index in [4.69, 9.17) is 9.47 Å². The van der Waals surface area contributed by atoms with Gasteiger partial charge in [0.25, 0.3) is 0 Å². The molecule has 3 N–H and O–H groups in total. The first-order valence-corrected chi connectivity index (χ1v) is 11.8. The van der Waals surface area contributed by atoms with Crippen molar-refractivity contribution in [3.8, 4) is 0 Å². The lowest BCUT2D eigenvalue weighted by Gasteiger charge is -2.34. The molecule has 32 heavy (non-hydrogen) atoms. The number of aliphatic hydroxyl groups excluding tert-OH is 1. The van der Waals surface area contributed by atoms with Crippen molar-refractivity contribution in [2.45, 2.75) is 49.9 Å². The minimum atomic E-state index is -0.997. The van der Waals surface area contributed by atoms with Crippen LogP contribution in [-0.2, 0) is 23.9 Å². The fourth-order valence-electron chi connectivity index (χ4n) is 6.31. The number of rotatable bonds is 9. The molecule has 2 unspecified atom stereocenters. The van der Waals surface area contributed by atoms with Crippen LogP contribution >= 0.6 is 0 Å². The molecule has 0 aromatic rings. The zero-order valence-corrected chi connectivity index (χ0v) is 19.1. The van der Waals surface area contributed by atoms with Crippen molar-refractivity contribution in [2.24, 2.45) is 11.8 Å². The Balaban J connectivity index is 1.57. The minimum absolute atomic E-state index is 0.0779. The lowest BCUT2D eigenvalue weighted by atomic mass is 9.65. The average molecular weight is 453 g/mol. The molecular weight excluding hydrogens is 416 g/mol. The highest BCUT2D eigenvalue weighted by Gasteiger charge is 2.78. The molecule has 5 atom stereocenters. The zero-order chi connectivity index (χ0) is 22.9. The molecule has 0 aromatic heterocycles. The van der Waals surface area contributed by atoms with Crippen LogP contribution in [-0.4, -0.2) is 109 Å². The predicted octanol–water partition coefficient (Wildman–Crippen LogP) is -1.28. The summed E-state index contributed by atoms with van der Waals surface area (Å²) in [5.41, 5.74) is -1.71. The van der Waals surface area contributed by atoms with Crippen molar-refractivity contribution in [3.05, 3.63) is 0 Å². The Kier molecular flexibility index (Phi) is 6.76. The number of nitrogens with zero attached hydrogens (tertiary/aromatic N) is 2. The van der Waals surface area contributed by atoms with E-state index in [1.807, 2.05) is 6.92 Å². The zero-order valence-electron chi connectivity index (χ0n) is 19.1. The lowest BCUT2D eigenvalue weighted by Crippen LogP contribution is -2.56. The molecule has 0 saturated carbocycles. The highest BCUT2D eigenvalue weighted by molar-refractivity contribution is 5.99. The minimum Gasteiger partial charge on any atom is -0.396 e. The van der Waals surface area contributed by atoms with E-state index in [1.165, 1.54) is 0 Å². The van der Waals surface area contributed by atoms with Gasteiger partial charge in [0.15, 0.2) is 0 Å². The standard InChI is InChI=1S/C22H36N4O6/c1-3-21-5-6-22(32-21)16(15(21)18(28)23-2)20(30)26(8-4-12-27)17(22)19(29)24-7-9-25-10-13-31-14-11-25/h15-17,27H,3-14H2,1-2H3,(H,23,28)(H,24,29)/t15-,16+,17?,21+,22?/m1/s1. The maximum Gasteiger partial charge on any atom is 0.245 e. The van der Waals surface area contributed by atoms with Crippen LogP contribution in [0.5, 0.6) is 0 Å². The van der Waals surface area contributed by atoms with Crippen molar-refractivity contribution < 1.29 is 29.0 Å². The van der Waals surface area contributed by atoms with Gasteiger partial charge in [0.2, 0.25) is 17.7 Å². The van der Waals surface area contributed by atoms with E-state index in [0.29, 0.717) is 52.0 Å². The summed E-state index contributed by atoms with van der Waals surface area (Å²) in [6.07, 6.45) is 2.20. The van der Waals surface area contributed by atoms with Gasteiger partial charge < -0.3 is 30.1 Å². The molecule has 0 aromatic carbocycles. The van der Waals surface area contributed by atoms with Crippen LogP contribution in [0, 0.1) is 11.8 Å². The van der Waals surface area contributed by atoms with Gasteiger partial charge in [-0.25, -0.2) is 0 Å². The number of likely N-dealkylation sites (tertiary alicyclic amines) is 1. The quantitative estimate of drug-likeness (QED) is 0.398. The van der Waals surface area contributed by atoms with Crippen molar-refractivity contribution in [2.75, 3.05) is 59.6 Å². The molecule has 180 valence electrons. The number of nitrogens with one attached hydrogen (secondary N) is 2. The average Bonchev–Trinajstić information content (AvgIpc) is 3.41. The van der Waals surface area contributed by atoms with Crippen LogP contribution in [0.2, 0.25) is 0 Å². The van der Waals surface area contributed by atoms with Crippen LogP contribution < -0.4 is 10.6 Å². The Bertz CT molecular complexity index is 744. The van der Waals surface area contributed by atoms with E-state index in [1.54, 1.807) is 11.9 Å². The van der Waals surface area contributed by atoms with E-state index in [0.717, 1.165) is 13.1 Å². The molecule has 4 rings (SSSR count). The third kappa shape index (κ3) is 3.61. The molecule has 0 aliphatic carbocycles. The van der Waals surface area contributed by atoms with Crippen molar-refractivity contribution in [1.29, 1.82) is 0 Å². The smallest absolute Gasteiger partial charge is 0.245 e. The van der Waals surface area contributed by atoms with Gasteiger partial charge in [-0.3, -0.25) is 19.3 Å². The lowest BCUT2D eigenvalue weighted by molar-refractivity contribution is -0.147. The molecule has 4 aliphatic heterocycles. The molecule has 10 nitrogen and oxygen atoms in total. The molecule has 4 heterocycles. The Morgan fingerprint density at radius 3 is 2.59 bits per heavy atom. The van der Waals surface area contributed by atoms with Crippen LogP contribution in [0.4, 0.5) is 0 Å². The van der Waals surface area contributed by atoms with Crippen molar-refractivity contribution in [3.63, 3.8) is 0 Å². The van der Waals surface area contributed by atoms with Crippen LogP contribution in [0.25, 0.3) is 0 Å². The first kappa shape index (κ1) is 23.4. The Morgan fingerprint density at radius 1 is 1.19 bits per heavy atom. The van der Waals surface area contributed by atoms with E-state index >= 15 is 0 Å².